The van der Waals surface area contributed by atoms with Gasteiger partial charge in [0, 0.05) is 11.9 Å². The topological polar surface area (TPSA) is 65.0 Å². The molecule has 0 heterocycles. The average Bonchev–Trinajstić information content (AvgIpc) is 2.54. The maximum atomic E-state index is 11.9. The smallest absolute Gasteiger partial charge is 0.325 e. The molecule has 0 spiro atoms. The van der Waals surface area contributed by atoms with Crippen LogP contribution in [0.1, 0.15) is 65.2 Å². The summed E-state index contributed by atoms with van der Waals surface area (Å²) in [6.07, 6.45) is 12.7. The Balaban J connectivity index is 2.76. The fourth-order valence-electron chi connectivity index (χ4n) is 2.50. The first-order valence-corrected chi connectivity index (χ1v) is 8.75. The highest BCUT2D eigenvalue weighted by Crippen LogP contribution is 2.18. The maximum absolute atomic E-state index is 11.9. The van der Waals surface area contributed by atoms with Gasteiger partial charge >= 0.3 is 11.9 Å². The summed E-state index contributed by atoms with van der Waals surface area (Å²) in [5.41, 5.74) is 0.950. The van der Waals surface area contributed by atoms with Gasteiger partial charge in [0.25, 0.3) is 0 Å². The first-order chi connectivity index (χ1) is 11.2. The largest absolute Gasteiger partial charge is 0.465 e. The van der Waals surface area contributed by atoms with Gasteiger partial charge in [0.05, 0.1) is 13.2 Å². The third-order valence-corrected chi connectivity index (χ3v) is 3.74. The molecule has 23 heavy (non-hydrogen) atoms. The minimum atomic E-state index is -1.08. The van der Waals surface area contributed by atoms with Crippen LogP contribution in [-0.4, -0.2) is 31.4 Å². The lowest BCUT2D eigenvalue weighted by Crippen LogP contribution is -2.29. The molecule has 0 N–H and O–H groups in total. The molecule has 0 saturated carbocycles. The number of carbonyl (C=O) groups excluding carboxylic acids is 2. The number of hydrogen-bond donors (Lipinski definition) is 0. The van der Waals surface area contributed by atoms with Crippen molar-refractivity contribution < 1.29 is 19.1 Å². The number of nitrogens with zero attached hydrogens (tertiary/aromatic N) is 1. The van der Waals surface area contributed by atoms with Crippen LogP contribution in [0.15, 0.2) is 16.8 Å². The Bertz CT molecular complexity index is 411. The molecule has 0 fully saturated rings. The van der Waals surface area contributed by atoms with Crippen LogP contribution in [0, 0.1) is 5.92 Å². The molecule has 0 aromatic heterocycles. The van der Waals surface area contributed by atoms with E-state index in [0.717, 1.165) is 31.4 Å². The Kier molecular flexibility index (Phi) is 10.00. The van der Waals surface area contributed by atoms with Gasteiger partial charge < -0.3 is 9.47 Å². The Morgan fingerprint density at radius 1 is 1.04 bits per heavy atom. The fourth-order valence-corrected chi connectivity index (χ4v) is 2.50. The summed E-state index contributed by atoms with van der Waals surface area (Å²) in [5, 5.41) is 0. The summed E-state index contributed by atoms with van der Waals surface area (Å²) in [4.78, 5) is 28.2. The second-order valence-electron chi connectivity index (χ2n) is 5.62. The molecule has 0 aromatic carbocycles. The molecule has 0 bridgehead atoms. The molecule has 0 saturated heterocycles. The van der Waals surface area contributed by atoms with E-state index in [9.17, 15) is 9.59 Å². The van der Waals surface area contributed by atoms with Gasteiger partial charge in [-0.25, -0.2) is 0 Å². The number of rotatable bonds is 6. The van der Waals surface area contributed by atoms with Crippen molar-refractivity contribution in [1.82, 2.24) is 0 Å². The minimum absolute atomic E-state index is 0.227. The van der Waals surface area contributed by atoms with Crippen LogP contribution < -0.4 is 0 Å². The van der Waals surface area contributed by atoms with Crippen molar-refractivity contribution in [3.63, 3.8) is 0 Å². The molecule has 0 aliphatic heterocycles. The molecule has 130 valence electrons. The van der Waals surface area contributed by atoms with Crippen LogP contribution in [0.5, 0.6) is 0 Å². The monoisotopic (exact) mass is 323 g/mol. The zero-order chi connectivity index (χ0) is 16.9. The molecular formula is C18H29NO4. The first-order valence-electron chi connectivity index (χ1n) is 8.75. The van der Waals surface area contributed by atoms with Gasteiger partial charge in [0.15, 0.2) is 5.92 Å². The quantitative estimate of drug-likeness (QED) is 0.423. The van der Waals surface area contributed by atoms with Gasteiger partial charge in [-0.2, -0.15) is 0 Å². The third kappa shape index (κ3) is 7.95. The molecule has 0 aromatic rings. The van der Waals surface area contributed by atoms with Gasteiger partial charge in [0.1, 0.15) is 0 Å². The summed E-state index contributed by atoms with van der Waals surface area (Å²) in [6, 6.07) is 0. The van der Waals surface area contributed by atoms with E-state index >= 15 is 0 Å². The van der Waals surface area contributed by atoms with E-state index in [0.29, 0.717) is 0 Å². The Hall–Kier alpha value is -1.65. The first kappa shape index (κ1) is 19.4. The summed E-state index contributed by atoms with van der Waals surface area (Å²) < 4.78 is 9.88. The Morgan fingerprint density at radius 2 is 1.61 bits per heavy atom. The number of carbonyl (C=O) groups is 2. The van der Waals surface area contributed by atoms with Crippen LogP contribution in [0.3, 0.4) is 0 Å². The molecular weight excluding hydrogens is 294 g/mol. The standard InChI is InChI=1S/C18H29NO4/c1-3-22-17(20)16(18(21)23-4-2)14-19-15-12-10-8-6-5-7-9-11-13-15/h12,14,16H,3-11,13H2,1-2H3. The third-order valence-electron chi connectivity index (χ3n) is 3.74. The second-order valence-corrected chi connectivity index (χ2v) is 5.62. The molecule has 5 nitrogen and oxygen atoms in total. The van der Waals surface area contributed by atoms with Gasteiger partial charge in [-0.3, -0.25) is 14.6 Å². The maximum Gasteiger partial charge on any atom is 0.325 e. The van der Waals surface area contributed by atoms with Crippen LogP contribution in [0.2, 0.25) is 0 Å². The number of aliphatic imine (C=N–C) groups is 1. The molecule has 1 aliphatic carbocycles. The number of hydrogen-bond acceptors (Lipinski definition) is 5. The van der Waals surface area contributed by atoms with E-state index in [2.05, 4.69) is 11.1 Å². The Morgan fingerprint density at radius 3 is 2.22 bits per heavy atom. The minimum Gasteiger partial charge on any atom is -0.465 e. The van der Waals surface area contributed by atoms with Crippen molar-refractivity contribution in [3.05, 3.63) is 11.8 Å². The highest BCUT2D eigenvalue weighted by Gasteiger charge is 2.27. The van der Waals surface area contributed by atoms with Gasteiger partial charge in [-0.1, -0.05) is 31.8 Å². The number of ether oxygens (including phenoxy) is 2. The molecule has 0 unspecified atom stereocenters. The molecule has 0 radical (unpaired) electrons. The van der Waals surface area contributed by atoms with E-state index in [1.165, 1.54) is 31.9 Å². The molecule has 1 aliphatic rings. The van der Waals surface area contributed by atoms with Crippen LogP contribution in [0.25, 0.3) is 0 Å². The van der Waals surface area contributed by atoms with Crippen molar-refractivity contribution in [1.29, 1.82) is 0 Å². The van der Waals surface area contributed by atoms with E-state index in [1.807, 2.05) is 0 Å². The lowest BCUT2D eigenvalue weighted by molar-refractivity contribution is -0.157. The number of allylic oxidation sites excluding steroid dienone is 2. The number of esters is 2. The van der Waals surface area contributed by atoms with Crippen molar-refractivity contribution in [3.8, 4) is 0 Å². The van der Waals surface area contributed by atoms with Crippen LogP contribution in [0.4, 0.5) is 0 Å². The average molecular weight is 323 g/mol. The molecule has 0 amide bonds. The van der Waals surface area contributed by atoms with E-state index < -0.39 is 17.9 Å². The fraction of sp³-hybridized carbons (Fsp3) is 0.722. The molecule has 0 atom stereocenters. The predicted molar refractivity (Wildman–Crippen MR) is 90.3 cm³/mol. The normalized spacial score (nSPS) is 16.9. The van der Waals surface area contributed by atoms with Crippen molar-refractivity contribution in [2.24, 2.45) is 10.9 Å². The van der Waals surface area contributed by atoms with E-state index in [1.54, 1.807) is 13.8 Å². The van der Waals surface area contributed by atoms with E-state index in [-0.39, 0.29) is 13.2 Å². The summed E-state index contributed by atoms with van der Waals surface area (Å²) in [7, 11) is 0. The Labute approximate surface area is 139 Å². The van der Waals surface area contributed by atoms with E-state index in [4.69, 9.17) is 9.47 Å². The second kappa shape index (κ2) is 11.9. The van der Waals surface area contributed by atoms with Crippen molar-refractivity contribution in [2.75, 3.05) is 13.2 Å². The lowest BCUT2D eigenvalue weighted by atomic mass is 10.0. The molecule has 1 rings (SSSR count). The van der Waals surface area contributed by atoms with Gasteiger partial charge in [-0.15, -0.1) is 0 Å². The van der Waals surface area contributed by atoms with Crippen molar-refractivity contribution >= 4 is 18.2 Å². The highest BCUT2D eigenvalue weighted by molar-refractivity contribution is 6.09. The van der Waals surface area contributed by atoms with Crippen LogP contribution in [-0.2, 0) is 19.1 Å². The zero-order valence-electron chi connectivity index (χ0n) is 14.4. The van der Waals surface area contributed by atoms with Crippen LogP contribution >= 0.6 is 0 Å². The van der Waals surface area contributed by atoms with Gasteiger partial charge in [-0.05, 0) is 39.5 Å². The molecule has 5 heteroatoms. The SMILES string of the molecule is CCOC(=O)C(C=NC1=CCCCCCCCC1)C(=O)OCC. The zero-order valence-corrected chi connectivity index (χ0v) is 14.4. The summed E-state index contributed by atoms with van der Waals surface area (Å²) in [5.74, 6) is -2.28. The van der Waals surface area contributed by atoms with Gasteiger partial charge in [0.2, 0.25) is 0 Å². The highest BCUT2D eigenvalue weighted by atomic mass is 16.6. The van der Waals surface area contributed by atoms with Crippen molar-refractivity contribution in [2.45, 2.75) is 65.2 Å². The lowest BCUT2D eigenvalue weighted by Gasteiger charge is -2.11. The summed E-state index contributed by atoms with van der Waals surface area (Å²) >= 11 is 0. The summed E-state index contributed by atoms with van der Waals surface area (Å²) in [6.45, 7) is 3.87. The predicted octanol–water partition coefficient (Wildman–Crippen LogP) is 3.82.